The number of aromatic nitrogens is 2. The molecule has 27 heavy (non-hydrogen) atoms. The SMILES string of the molecule is CC(=O)c1ccc(Cn2cc(NC(=O)OCc3cc(C)ccc3C)cn2)o1. The molecule has 140 valence electrons. The summed E-state index contributed by atoms with van der Waals surface area (Å²) in [6, 6.07) is 9.38. The van der Waals surface area contributed by atoms with Crippen molar-refractivity contribution in [2.45, 2.75) is 33.9 Å². The number of hydrogen-bond donors (Lipinski definition) is 1. The number of benzene rings is 1. The minimum absolute atomic E-state index is 0.129. The number of ether oxygens (including phenoxy) is 1. The molecule has 0 bridgehead atoms. The topological polar surface area (TPSA) is 86.4 Å². The van der Waals surface area contributed by atoms with Gasteiger partial charge < -0.3 is 9.15 Å². The van der Waals surface area contributed by atoms with Crippen LogP contribution in [0.15, 0.2) is 47.1 Å². The molecule has 3 rings (SSSR count). The summed E-state index contributed by atoms with van der Waals surface area (Å²) in [6.07, 6.45) is 2.63. The number of aryl methyl sites for hydroxylation is 2. The molecule has 1 amide bonds. The van der Waals surface area contributed by atoms with Gasteiger partial charge in [-0.05, 0) is 37.1 Å². The first-order chi connectivity index (χ1) is 12.9. The van der Waals surface area contributed by atoms with Gasteiger partial charge in [0, 0.05) is 13.1 Å². The average molecular weight is 367 g/mol. The van der Waals surface area contributed by atoms with Crippen LogP contribution in [-0.4, -0.2) is 21.7 Å². The normalized spacial score (nSPS) is 10.6. The Labute approximate surface area is 156 Å². The Morgan fingerprint density at radius 1 is 1.22 bits per heavy atom. The number of ketones is 1. The van der Waals surface area contributed by atoms with Gasteiger partial charge in [-0.25, -0.2) is 4.79 Å². The largest absolute Gasteiger partial charge is 0.456 e. The van der Waals surface area contributed by atoms with Crippen LogP contribution in [0.2, 0.25) is 0 Å². The Bertz CT molecular complexity index is 971. The van der Waals surface area contributed by atoms with E-state index >= 15 is 0 Å². The fraction of sp³-hybridized carbons (Fsp3) is 0.250. The number of furan rings is 1. The quantitative estimate of drug-likeness (QED) is 0.663. The van der Waals surface area contributed by atoms with Crippen molar-refractivity contribution in [3.63, 3.8) is 0 Å². The van der Waals surface area contributed by atoms with Crippen molar-refractivity contribution in [2.24, 2.45) is 0 Å². The number of hydrogen-bond acceptors (Lipinski definition) is 5. The van der Waals surface area contributed by atoms with Crippen LogP contribution in [0, 0.1) is 13.8 Å². The highest BCUT2D eigenvalue weighted by Gasteiger charge is 2.10. The molecule has 0 saturated heterocycles. The first-order valence-corrected chi connectivity index (χ1v) is 8.53. The molecule has 0 spiro atoms. The summed E-state index contributed by atoms with van der Waals surface area (Å²) in [5.41, 5.74) is 3.68. The highest BCUT2D eigenvalue weighted by Crippen LogP contribution is 2.14. The molecule has 3 aromatic rings. The highest BCUT2D eigenvalue weighted by atomic mass is 16.5. The second-order valence-corrected chi connectivity index (χ2v) is 6.38. The van der Waals surface area contributed by atoms with Gasteiger partial charge in [-0.2, -0.15) is 5.10 Å². The van der Waals surface area contributed by atoms with Gasteiger partial charge in [-0.1, -0.05) is 23.8 Å². The Morgan fingerprint density at radius 2 is 2.04 bits per heavy atom. The summed E-state index contributed by atoms with van der Waals surface area (Å²) in [4.78, 5) is 23.3. The maximum Gasteiger partial charge on any atom is 0.412 e. The molecule has 2 aromatic heterocycles. The number of amides is 1. The van der Waals surface area contributed by atoms with Crippen LogP contribution >= 0.6 is 0 Å². The van der Waals surface area contributed by atoms with Crippen LogP contribution in [0.25, 0.3) is 0 Å². The Morgan fingerprint density at radius 3 is 2.78 bits per heavy atom. The van der Waals surface area contributed by atoms with Crippen molar-refractivity contribution in [1.29, 1.82) is 0 Å². The van der Waals surface area contributed by atoms with E-state index in [-0.39, 0.29) is 12.4 Å². The summed E-state index contributed by atoms with van der Waals surface area (Å²) in [5, 5.41) is 6.81. The van der Waals surface area contributed by atoms with E-state index in [2.05, 4.69) is 10.4 Å². The molecule has 0 atom stereocenters. The minimum Gasteiger partial charge on any atom is -0.456 e. The Balaban J connectivity index is 1.54. The van der Waals surface area contributed by atoms with Gasteiger partial charge in [-0.15, -0.1) is 0 Å². The Kier molecular flexibility index (Phi) is 5.40. The van der Waals surface area contributed by atoms with Crippen molar-refractivity contribution in [3.05, 3.63) is 70.9 Å². The molecular weight excluding hydrogens is 346 g/mol. The van der Waals surface area contributed by atoms with Gasteiger partial charge >= 0.3 is 6.09 Å². The summed E-state index contributed by atoms with van der Waals surface area (Å²) >= 11 is 0. The van der Waals surface area contributed by atoms with Crippen LogP contribution in [0.1, 0.15) is 39.9 Å². The van der Waals surface area contributed by atoms with Gasteiger partial charge in [0.15, 0.2) is 11.5 Å². The molecular formula is C20H21N3O4. The van der Waals surface area contributed by atoms with E-state index in [0.717, 1.165) is 16.7 Å². The number of carbonyl (C=O) groups is 2. The molecule has 7 heteroatoms. The van der Waals surface area contributed by atoms with E-state index in [4.69, 9.17) is 9.15 Å². The molecule has 0 fully saturated rings. The number of Topliss-reactive ketones (excluding diaryl/α,β-unsaturated/α-hetero) is 1. The lowest BCUT2D eigenvalue weighted by Gasteiger charge is -2.08. The molecule has 0 aliphatic rings. The summed E-state index contributed by atoms with van der Waals surface area (Å²) < 4.78 is 12.3. The lowest BCUT2D eigenvalue weighted by Crippen LogP contribution is -2.13. The van der Waals surface area contributed by atoms with Crippen molar-refractivity contribution in [3.8, 4) is 0 Å². The molecule has 0 aliphatic heterocycles. The first kappa shape index (κ1) is 18.4. The zero-order valence-electron chi connectivity index (χ0n) is 15.5. The predicted octanol–water partition coefficient (Wildman–Crippen LogP) is 4.09. The van der Waals surface area contributed by atoms with Crippen molar-refractivity contribution < 1.29 is 18.7 Å². The number of nitrogens with zero attached hydrogens (tertiary/aromatic N) is 2. The number of rotatable bonds is 6. The molecule has 0 unspecified atom stereocenters. The fourth-order valence-electron chi connectivity index (χ4n) is 2.58. The van der Waals surface area contributed by atoms with E-state index in [1.165, 1.54) is 13.1 Å². The number of anilines is 1. The number of nitrogens with one attached hydrogen (secondary N) is 1. The average Bonchev–Trinajstić information content (AvgIpc) is 3.26. The van der Waals surface area contributed by atoms with Gasteiger partial charge in [0.05, 0.1) is 18.4 Å². The van der Waals surface area contributed by atoms with Crippen LogP contribution in [-0.2, 0) is 17.9 Å². The maximum absolute atomic E-state index is 12.0. The second-order valence-electron chi connectivity index (χ2n) is 6.38. The van der Waals surface area contributed by atoms with E-state index in [1.54, 1.807) is 23.0 Å². The molecule has 2 heterocycles. The van der Waals surface area contributed by atoms with E-state index < -0.39 is 6.09 Å². The van der Waals surface area contributed by atoms with Crippen LogP contribution in [0.3, 0.4) is 0 Å². The van der Waals surface area contributed by atoms with Gasteiger partial charge in [0.2, 0.25) is 0 Å². The monoisotopic (exact) mass is 367 g/mol. The highest BCUT2D eigenvalue weighted by molar-refractivity contribution is 5.91. The van der Waals surface area contributed by atoms with Gasteiger partial charge in [-0.3, -0.25) is 14.8 Å². The van der Waals surface area contributed by atoms with Crippen molar-refractivity contribution >= 4 is 17.6 Å². The zero-order chi connectivity index (χ0) is 19.4. The van der Waals surface area contributed by atoms with Crippen molar-refractivity contribution in [1.82, 2.24) is 9.78 Å². The zero-order valence-corrected chi connectivity index (χ0v) is 15.5. The molecule has 0 radical (unpaired) electrons. The molecule has 1 aromatic carbocycles. The maximum atomic E-state index is 12.0. The summed E-state index contributed by atoms with van der Waals surface area (Å²) in [7, 11) is 0. The predicted molar refractivity (Wildman–Crippen MR) is 99.8 cm³/mol. The van der Waals surface area contributed by atoms with Crippen LogP contribution < -0.4 is 5.32 Å². The molecule has 0 aliphatic carbocycles. The lowest BCUT2D eigenvalue weighted by atomic mass is 10.1. The molecule has 7 nitrogen and oxygen atoms in total. The fourth-order valence-corrected chi connectivity index (χ4v) is 2.58. The standard InChI is InChI=1S/C20H21N3O4/c1-13-4-5-14(2)16(8-13)12-26-20(25)22-17-9-21-23(10-17)11-18-6-7-19(27-18)15(3)24/h4-10H,11-12H2,1-3H3,(H,22,25). The smallest absolute Gasteiger partial charge is 0.412 e. The van der Waals surface area contributed by atoms with E-state index in [0.29, 0.717) is 23.8 Å². The second kappa shape index (κ2) is 7.90. The van der Waals surface area contributed by atoms with Gasteiger partial charge in [0.1, 0.15) is 12.4 Å². The number of carbonyl (C=O) groups excluding carboxylic acids is 2. The summed E-state index contributed by atoms with van der Waals surface area (Å²) in [5.74, 6) is 0.786. The van der Waals surface area contributed by atoms with Gasteiger partial charge in [0.25, 0.3) is 0 Å². The molecule has 1 N–H and O–H groups in total. The Hall–Kier alpha value is -3.35. The third-order valence-electron chi connectivity index (χ3n) is 4.07. The van der Waals surface area contributed by atoms with Crippen LogP contribution in [0.5, 0.6) is 0 Å². The minimum atomic E-state index is -0.549. The molecule has 0 saturated carbocycles. The lowest BCUT2D eigenvalue weighted by molar-refractivity contribution is 0.0985. The third kappa shape index (κ3) is 4.84. The van der Waals surface area contributed by atoms with Crippen LogP contribution in [0.4, 0.5) is 10.5 Å². The van der Waals surface area contributed by atoms with E-state index in [1.807, 2.05) is 32.0 Å². The summed E-state index contributed by atoms with van der Waals surface area (Å²) in [6.45, 7) is 5.98. The van der Waals surface area contributed by atoms with Crippen molar-refractivity contribution in [2.75, 3.05) is 5.32 Å². The van der Waals surface area contributed by atoms with E-state index in [9.17, 15) is 9.59 Å². The third-order valence-corrected chi connectivity index (χ3v) is 4.07. The first-order valence-electron chi connectivity index (χ1n) is 8.53.